The van der Waals surface area contributed by atoms with Crippen LogP contribution >= 0.6 is 0 Å². The van der Waals surface area contributed by atoms with E-state index in [1.54, 1.807) is 0 Å². The molecule has 0 heterocycles. The largest absolute Gasteiger partial charge is 0.373 e. The molecule has 0 aromatic heterocycles. The van der Waals surface area contributed by atoms with Gasteiger partial charge in [-0.15, -0.1) is 0 Å². The Kier molecular flexibility index (Phi) is 3.40. The zero-order valence-electron chi connectivity index (χ0n) is 11.4. The number of rotatable bonds is 3. The SMILES string of the molecule is CNC1c2ccccc2C(C)CC1OC1CCC1. The minimum absolute atomic E-state index is 0.338. The molecule has 2 aliphatic carbocycles. The molecule has 3 unspecified atom stereocenters. The van der Waals surface area contributed by atoms with E-state index in [0.717, 1.165) is 6.42 Å². The second kappa shape index (κ2) is 5.02. The van der Waals surface area contributed by atoms with Crippen LogP contribution in [0, 0.1) is 0 Å². The molecule has 3 atom stereocenters. The van der Waals surface area contributed by atoms with E-state index >= 15 is 0 Å². The number of ether oxygens (including phenoxy) is 1. The van der Waals surface area contributed by atoms with E-state index in [-0.39, 0.29) is 0 Å². The molecule has 2 nitrogen and oxygen atoms in total. The number of likely N-dealkylation sites (N-methyl/N-ethyl adjacent to an activating group) is 1. The van der Waals surface area contributed by atoms with Gasteiger partial charge in [-0.2, -0.15) is 0 Å². The lowest BCUT2D eigenvalue weighted by molar-refractivity contribution is -0.0744. The smallest absolute Gasteiger partial charge is 0.0779 e. The normalized spacial score (nSPS) is 31.8. The summed E-state index contributed by atoms with van der Waals surface area (Å²) in [6, 6.07) is 9.17. The fraction of sp³-hybridized carbons (Fsp3) is 0.625. The molecule has 1 N–H and O–H groups in total. The van der Waals surface area contributed by atoms with Crippen LogP contribution in [0.2, 0.25) is 0 Å². The fourth-order valence-corrected chi connectivity index (χ4v) is 3.28. The summed E-state index contributed by atoms with van der Waals surface area (Å²) in [4.78, 5) is 0. The van der Waals surface area contributed by atoms with Gasteiger partial charge in [0.15, 0.2) is 0 Å². The first kappa shape index (κ1) is 12.2. The highest BCUT2D eigenvalue weighted by Gasteiger charge is 2.35. The molecular formula is C16H23NO. The summed E-state index contributed by atoms with van der Waals surface area (Å²) < 4.78 is 6.30. The number of hydrogen-bond acceptors (Lipinski definition) is 2. The highest BCUT2D eigenvalue weighted by atomic mass is 16.5. The summed E-state index contributed by atoms with van der Waals surface area (Å²) in [6.45, 7) is 2.32. The van der Waals surface area contributed by atoms with E-state index in [1.807, 2.05) is 0 Å². The van der Waals surface area contributed by atoms with Gasteiger partial charge in [0.25, 0.3) is 0 Å². The number of fused-ring (bicyclic) bond motifs is 1. The molecule has 0 spiro atoms. The molecule has 1 fully saturated rings. The van der Waals surface area contributed by atoms with Gasteiger partial charge in [-0.05, 0) is 49.8 Å². The van der Waals surface area contributed by atoms with Crippen molar-refractivity contribution < 1.29 is 4.74 Å². The van der Waals surface area contributed by atoms with Crippen LogP contribution in [-0.4, -0.2) is 19.3 Å². The number of hydrogen-bond donors (Lipinski definition) is 1. The Balaban J connectivity index is 1.84. The second-order valence-electron chi connectivity index (χ2n) is 5.76. The van der Waals surface area contributed by atoms with Crippen molar-refractivity contribution in [2.24, 2.45) is 0 Å². The van der Waals surface area contributed by atoms with Gasteiger partial charge in [-0.1, -0.05) is 31.2 Å². The Morgan fingerprint density at radius 3 is 2.50 bits per heavy atom. The van der Waals surface area contributed by atoms with Crippen molar-refractivity contribution in [2.45, 2.75) is 56.8 Å². The summed E-state index contributed by atoms with van der Waals surface area (Å²) in [6.07, 6.45) is 5.84. The van der Waals surface area contributed by atoms with Gasteiger partial charge < -0.3 is 10.1 Å². The first-order chi connectivity index (χ1) is 8.79. The van der Waals surface area contributed by atoms with Gasteiger partial charge >= 0.3 is 0 Å². The third kappa shape index (κ3) is 2.08. The maximum atomic E-state index is 6.30. The quantitative estimate of drug-likeness (QED) is 0.881. The van der Waals surface area contributed by atoms with Crippen molar-refractivity contribution in [1.82, 2.24) is 5.32 Å². The number of benzene rings is 1. The van der Waals surface area contributed by atoms with Gasteiger partial charge in [0.2, 0.25) is 0 Å². The molecule has 0 bridgehead atoms. The van der Waals surface area contributed by atoms with Gasteiger partial charge in [0.05, 0.1) is 18.2 Å². The van der Waals surface area contributed by atoms with Crippen molar-refractivity contribution in [3.8, 4) is 0 Å². The molecule has 1 aromatic carbocycles. The molecule has 2 aliphatic rings. The summed E-state index contributed by atoms with van der Waals surface area (Å²) >= 11 is 0. The minimum Gasteiger partial charge on any atom is -0.373 e. The zero-order valence-corrected chi connectivity index (χ0v) is 11.4. The Labute approximate surface area is 110 Å². The summed E-state index contributed by atoms with van der Waals surface area (Å²) in [5.74, 6) is 0.607. The molecule has 3 rings (SSSR count). The van der Waals surface area contributed by atoms with Crippen LogP contribution in [0.5, 0.6) is 0 Å². The molecule has 0 saturated heterocycles. The van der Waals surface area contributed by atoms with Crippen LogP contribution in [0.1, 0.15) is 55.7 Å². The predicted molar refractivity (Wildman–Crippen MR) is 73.8 cm³/mol. The van der Waals surface area contributed by atoms with E-state index in [9.17, 15) is 0 Å². The van der Waals surface area contributed by atoms with E-state index < -0.39 is 0 Å². The molecule has 0 radical (unpaired) electrons. The van der Waals surface area contributed by atoms with Crippen LogP contribution in [-0.2, 0) is 4.74 Å². The average molecular weight is 245 g/mol. The predicted octanol–water partition coefficient (Wildman–Crippen LogP) is 3.39. The van der Waals surface area contributed by atoms with E-state index in [0.29, 0.717) is 24.2 Å². The fourth-order valence-electron chi connectivity index (χ4n) is 3.28. The third-order valence-corrected chi connectivity index (χ3v) is 4.55. The first-order valence-corrected chi connectivity index (χ1v) is 7.21. The van der Waals surface area contributed by atoms with Crippen molar-refractivity contribution in [3.63, 3.8) is 0 Å². The van der Waals surface area contributed by atoms with Gasteiger partial charge in [0, 0.05) is 0 Å². The van der Waals surface area contributed by atoms with Gasteiger partial charge in [-0.25, -0.2) is 0 Å². The van der Waals surface area contributed by atoms with Crippen molar-refractivity contribution in [3.05, 3.63) is 35.4 Å². The molecule has 0 aliphatic heterocycles. The molecule has 98 valence electrons. The lowest BCUT2D eigenvalue weighted by Crippen LogP contribution is -2.40. The van der Waals surface area contributed by atoms with E-state index in [2.05, 4.69) is 43.6 Å². The van der Waals surface area contributed by atoms with E-state index in [4.69, 9.17) is 4.74 Å². The molecule has 1 aromatic rings. The molecule has 1 saturated carbocycles. The van der Waals surface area contributed by atoms with Gasteiger partial charge in [-0.3, -0.25) is 0 Å². The van der Waals surface area contributed by atoms with Gasteiger partial charge in [0.1, 0.15) is 0 Å². The Hall–Kier alpha value is -0.860. The highest BCUT2D eigenvalue weighted by molar-refractivity contribution is 5.36. The lowest BCUT2D eigenvalue weighted by Gasteiger charge is -2.40. The highest BCUT2D eigenvalue weighted by Crippen LogP contribution is 2.40. The summed E-state index contributed by atoms with van der Waals surface area (Å²) in [7, 11) is 2.05. The maximum Gasteiger partial charge on any atom is 0.0779 e. The first-order valence-electron chi connectivity index (χ1n) is 7.21. The second-order valence-corrected chi connectivity index (χ2v) is 5.76. The minimum atomic E-state index is 0.338. The molecular weight excluding hydrogens is 222 g/mol. The molecule has 18 heavy (non-hydrogen) atoms. The summed E-state index contributed by atoms with van der Waals surface area (Å²) in [5.41, 5.74) is 2.92. The van der Waals surface area contributed by atoms with E-state index in [1.165, 1.54) is 30.4 Å². The average Bonchev–Trinajstić information content (AvgIpc) is 2.34. The van der Waals surface area contributed by atoms with Crippen molar-refractivity contribution >= 4 is 0 Å². The van der Waals surface area contributed by atoms with Crippen LogP contribution in [0.4, 0.5) is 0 Å². The maximum absolute atomic E-state index is 6.30. The topological polar surface area (TPSA) is 21.3 Å². The molecule has 2 heteroatoms. The number of nitrogens with one attached hydrogen (secondary N) is 1. The monoisotopic (exact) mass is 245 g/mol. The third-order valence-electron chi connectivity index (χ3n) is 4.55. The Morgan fingerprint density at radius 1 is 1.17 bits per heavy atom. The molecule has 0 amide bonds. The van der Waals surface area contributed by atoms with Crippen molar-refractivity contribution in [2.75, 3.05) is 7.05 Å². The zero-order chi connectivity index (χ0) is 12.5. The van der Waals surface area contributed by atoms with Crippen molar-refractivity contribution in [1.29, 1.82) is 0 Å². The van der Waals surface area contributed by atoms with Crippen LogP contribution < -0.4 is 5.32 Å². The standard InChI is InChI=1S/C16H23NO/c1-11-10-15(18-12-6-5-7-12)16(17-2)14-9-4-3-8-13(11)14/h3-4,8-9,11-12,15-17H,5-7,10H2,1-2H3. The Bertz CT molecular complexity index is 413. The van der Waals surface area contributed by atoms with Crippen LogP contribution in [0.15, 0.2) is 24.3 Å². The van der Waals surface area contributed by atoms with Crippen LogP contribution in [0.3, 0.4) is 0 Å². The summed E-state index contributed by atoms with van der Waals surface area (Å²) in [5, 5.41) is 3.46. The lowest BCUT2D eigenvalue weighted by atomic mass is 9.79. The Morgan fingerprint density at radius 2 is 1.89 bits per heavy atom. The van der Waals surface area contributed by atoms with Crippen LogP contribution in [0.25, 0.3) is 0 Å².